The number of pyridine rings is 1. The predicted octanol–water partition coefficient (Wildman–Crippen LogP) is 5.08. The fourth-order valence-corrected chi connectivity index (χ4v) is 4.02. The zero-order chi connectivity index (χ0) is 19.6. The van der Waals surface area contributed by atoms with Crippen LogP contribution in [0.4, 0.5) is 0 Å². The zero-order valence-electron chi connectivity index (χ0n) is 16.8. The van der Waals surface area contributed by atoms with E-state index in [9.17, 15) is 0 Å². The van der Waals surface area contributed by atoms with Crippen molar-refractivity contribution in [1.82, 2.24) is 15.2 Å². The first kappa shape index (κ1) is 20.6. The maximum Gasteiger partial charge on any atom is 0.169 e. The van der Waals surface area contributed by atoms with Gasteiger partial charge >= 0.3 is 0 Å². The van der Waals surface area contributed by atoms with E-state index in [-0.39, 0.29) is 0 Å². The van der Waals surface area contributed by atoms with Gasteiger partial charge in [-0.15, -0.1) is 0 Å². The lowest BCUT2D eigenvalue weighted by Crippen LogP contribution is -2.44. The number of benzene rings is 1. The number of methoxy groups -OCH3 is 1. The molecule has 1 heterocycles. The third kappa shape index (κ3) is 6.48. The number of nitrogens with one attached hydrogen (secondary N) is 1. The Labute approximate surface area is 174 Å². The summed E-state index contributed by atoms with van der Waals surface area (Å²) in [7, 11) is 1.69. The Morgan fingerprint density at radius 1 is 0.964 bits per heavy atom. The average Bonchev–Trinajstić information content (AvgIpc) is 2.70. The summed E-state index contributed by atoms with van der Waals surface area (Å²) >= 11 is 5.86. The molecule has 1 N–H and O–H groups in total. The Kier molecular flexibility index (Phi) is 8.09. The van der Waals surface area contributed by atoms with Crippen LogP contribution in [0.5, 0.6) is 5.75 Å². The third-order valence-electron chi connectivity index (χ3n) is 5.38. The molecule has 0 radical (unpaired) electrons. The second-order valence-electron chi connectivity index (χ2n) is 7.55. The molecule has 0 bridgehead atoms. The number of rotatable bonds is 6. The highest BCUT2D eigenvalue weighted by Gasteiger charge is 2.17. The molecule has 1 aliphatic carbocycles. The highest BCUT2D eigenvalue weighted by Crippen LogP contribution is 2.19. The van der Waals surface area contributed by atoms with Gasteiger partial charge in [-0.3, -0.25) is 4.98 Å². The standard InChI is InChI=1S/C23H31N3OS/c1-27-22-11-9-19(10-12-22)17-26(18-20-13-15-24-16-14-20)23(28)25-21-7-5-3-2-4-6-8-21/h9-16,21H,2-8,17-18H2,1H3,(H,25,28). The molecule has 1 aromatic heterocycles. The number of aromatic nitrogens is 1. The van der Waals surface area contributed by atoms with Gasteiger partial charge in [-0.05, 0) is 60.5 Å². The minimum Gasteiger partial charge on any atom is -0.497 e. The Bertz CT molecular complexity index is 712. The van der Waals surface area contributed by atoms with E-state index in [0.29, 0.717) is 6.04 Å². The Hall–Kier alpha value is -2.14. The Morgan fingerprint density at radius 2 is 1.54 bits per heavy atom. The maximum absolute atomic E-state index is 5.86. The predicted molar refractivity (Wildman–Crippen MR) is 118 cm³/mol. The summed E-state index contributed by atoms with van der Waals surface area (Å²) in [5.74, 6) is 0.875. The normalized spacial score (nSPS) is 15.3. The molecule has 2 aromatic rings. The molecule has 1 fully saturated rings. The number of hydrogen-bond acceptors (Lipinski definition) is 3. The molecule has 0 saturated heterocycles. The minimum absolute atomic E-state index is 0.489. The smallest absolute Gasteiger partial charge is 0.169 e. The lowest BCUT2D eigenvalue weighted by Gasteiger charge is -2.30. The SMILES string of the molecule is COc1ccc(CN(Cc2ccncc2)C(=S)NC2CCCCCCC2)cc1. The van der Waals surface area contributed by atoms with Crippen LogP contribution in [-0.2, 0) is 13.1 Å². The van der Waals surface area contributed by atoms with E-state index in [4.69, 9.17) is 17.0 Å². The molecular formula is C23H31N3OS. The van der Waals surface area contributed by atoms with Gasteiger partial charge in [-0.2, -0.15) is 0 Å². The van der Waals surface area contributed by atoms with Crippen LogP contribution >= 0.6 is 12.2 Å². The molecule has 0 atom stereocenters. The lowest BCUT2D eigenvalue weighted by molar-refractivity contribution is 0.370. The van der Waals surface area contributed by atoms with Gasteiger partial charge in [0.05, 0.1) is 7.11 Å². The summed E-state index contributed by atoms with van der Waals surface area (Å²) in [5.41, 5.74) is 2.43. The van der Waals surface area contributed by atoms with Crippen molar-refractivity contribution in [3.63, 3.8) is 0 Å². The van der Waals surface area contributed by atoms with Crippen LogP contribution in [0.3, 0.4) is 0 Å². The van der Waals surface area contributed by atoms with E-state index in [1.807, 2.05) is 24.5 Å². The number of hydrogen-bond donors (Lipinski definition) is 1. The zero-order valence-corrected chi connectivity index (χ0v) is 17.6. The summed E-state index contributed by atoms with van der Waals surface area (Å²) in [4.78, 5) is 6.39. The highest BCUT2D eigenvalue weighted by atomic mass is 32.1. The van der Waals surface area contributed by atoms with Crippen LogP contribution < -0.4 is 10.1 Å². The topological polar surface area (TPSA) is 37.4 Å². The van der Waals surface area contributed by atoms with Gasteiger partial charge < -0.3 is 15.0 Å². The molecule has 0 spiro atoms. The molecule has 4 nitrogen and oxygen atoms in total. The summed E-state index contributed by atoms with van der Waals surface area (Å²) < 4.78 is 5.28. The van der Waals surface area contributed by atoms with Crippen molar-refractivity contribution < 1.29 is 4.74 Å². The van der Waals surface area contributed by atoms with Gasteiger partial charge in [0.15, 0.2) is 5.11 Å². The quantitative estimate of drug-likeness (QED) is 0.688. The van der Waals surface area contributed by atoms with Crippen molar-refractivity contribution in [3.05, 3.63) is 59.9 Å². The second kappa shape index (κ2) is 11.0. The summed E-state index contributed by atoms with van der Waals surface area (Å²) in [6.45, 7) is 1.54. The van der Waals surface area contributed by atoms with Crippen molar-refractivity contribution in [1.29, 1.82) is 0 Å². The van der Waals surface area contributed by atoms with E-state index in [0.717, 1.165) is 24.0 Å². The third-order valence-corrected chi connectivity index (χ3v) is 5.75. The first-order valence-electron chi connectivity index (χ1n) is 10.3. The number of nitrogens with zero attached hydrogens (tertiary/aromatic N) is 2. The van der Waals surface area contributed by atoms with Gasteiger partial charge in [-0.1, -0.05) is 44.2 Å². The van der Waals surface area contributed by atoms with Gasteiger partial charge in [0.1, 0.15) is 5.75 Å². The van der Waals surface area contributed by atoms with Crippen LogP contribution in [0.15, 0.2) is 48.8 Å². The van der Waals surface area contributed by atoms with Gasteiger partial charge in [0, 0.05) is 31.5 Å². The minimum atomic E-state index is 0.489. The maximum atomic E-state index is 5.86. The molecule has 5 heteroatoms. The molecule has 1 aromatic carbocycles. The molecule has 3 rings (SSSR count). The van der Waals surface area contributed by atoms with Crippen LogP contribution in [-0.4, -0.2) is 28.1 Å². The Balaban J connectivity index is 1.69. The Morgan fingerprint density at radius 3 is 2.14 bits per heavy atom. The monoisotopic (exact) mass is 397 g/mol. The molecule has 1 aliphatic rings. The first-order valence-corrected chi connectivity index (χ1v) is 10.7. The van der Waals surface area contributed by atoms with Gasteiger partial charge in [0.25, 0.3) is 0 Å². The average molecular weight is 398 g/mol. The van der Waals surface area contributed by atoms with Crippen molar-refractivity contribution in [2.24, 2.45) is 0 Å². The molecule has 150 valence electrons. The molecule has 1 saturated carbocycles. The first-order chi connectivity index (χ1) is 13.7. The largest absolute Gasteiger partial charge is 0.497 e. The van der Waals surface area contributed by atoms with Crippen molar-refractivity contribution in [2.75, 3.05) is 7.11 Å². The van der Waals surface area contributed by atoms with Crippen molar-refractivity contribution in [3.8, 4) is 5.75 Å². The molecule has 0 unspecified atom stereocenters. The van der Waals surface area contributed by atoms with E-state index in [1.54, 1.807) is 7.11 Å². The van der Waals surface area contributed by atoms with Crippen LogP contribution in [0.1, 0.15) is 56.1 Å². The van der Waals surface area contributed by atoms with Crippen molar-refractivity contribution in [2.45, 2.75) is 64.1 Å². The van der Waals surface area contributed by atoms with Crippen LogP contribution in [0.25, 0.3) is 0 Å². The highest BCUT2D eigenvalue weighted by molar-refractivity contribution is 7.80. The van der Waals surface area contributed by atoms with Gasteiger partial charge in [0.2, 0.25) is 0 Å². The van der Waals surface area contributed by atoms with Crippen LogP contribution in [0.2, 0.25) is 0 Å². The molecular weight excluding hydrogens is 366 g/mol. The fraction of sp³-hybridized carbons (Fsp3) is 0.478. The summed E-state index contributed by atoms with van der Waals surface area (Å²) in [6, 6.07) is 12.8. The number of thiocarbonyl (C=S) groups is 1. The number of ether oxygens (including phenoxy) is 1. The second-order valence-corrected chi connectivity index (χ2v) is 7.94. The molecule has 0 amide bonds. The van der Waals surface area contributed by atoms with Gasteiger partial charge in [-0.25, -0.2) is 0 Å². The summed E-state index contributed by atoms with van der Waals surface area (Å²) in [5, 5.41) is 4.51. The summed E-state index contributed by atoms with van der Waals surface area (Å²) in [6.07, 6.45) is 12.8. The fourth-order valence-electron chi connectivity index (χ4n) is 3.73. The van der Waals surface area contributed by atoms with E-state index in [2.05, 4.69) is 39.5 Å². The molecule has 28 heavy (non-hydrogen) atoms. The van der Waals surface area contributed by atoms with E-state index in [1.165, 1.54) is 56.1 Å². The van der Waals surface area contributed by atoms with E-state index >= 15 is 0 Å². The van der Waals surface area contributed by atoms with E-state index < -0.39 is 0 Å². The molecule has 0 aliphatic heterocycles. The van der Waals surface area contributed by atoms with Crippen LogP contribution in [0, 0.1) is 0 Å². The lowest BCUT2D eigenvalue weighted by atomic mass is 9.97. The van der Waals surface area contributed by atoms with Crippen molar-refractivity contribution >= 4 is 17.3 Å².